The number of halogens is 2. The highest BCUT2D eigenvalue weighted by atomic mass is 35.5. The number of aliphatic hydroxyl groups is 4. The predicted molar refractivity (Wildman–Crippen MR) is 512 cm³/mol. The quantitative estimate of drug-likeness (QED) is 0.0217. The molecule has 4 aliphatic heterocycles. The van der Waals surface area contributed by atoms with Crippen molar-refractivity contribution < 1.29 is 39.6 Å². The summed E-state index contributed by atoms with van der Waals surface area (Å²) in [5, 5.41) is 74.6. The van der Waals surface area contributed by atoms with E-state index in [1.165, 1.54) is 54.9 Å². The first kappa shape index (κ1) is 90.8. The van der Waals surface area contributed by atoms with Crippen molar-refractivity contribution in [1.29, 1.82) is 0 Å². The van der Waals surface area contributed by atoms with Gasteiger partial charge in [-0.25, -0.2) is 0 Å². The van der Waals surface area contributed by atoms with Crippen molar-refractivity contribution in [3.8, 4) is 0 Å². The maximum absolute atomic E-state index is 13.1. The average molecular weight is 1820 g/mol. The maximum Gasteiger partial charge on any atom is 0.272 e. The number of para-hydroxylation sites is 4. The zero-order valence-corrected chi connectivity index (χ0v) is 75.6. The molecule has 0 aliphatic carbocycles. The molecule has 12 N–H and O–H groups in total. The second kappa shape index (κ2) is 42.4. The number of rotatable bonds is 28. The summed E-state index contributed by atoms with van der Waals surface area (Å²) < 4.78 is 7.18. The molecule has 4 aliphatic rings. The first-order valence-corrected chi connectivity index (χ1v) is 45.8. The first-order valence-electron chi connectivity index (χ1n) is 45.1. The van der Waals surface area contributed by atoms with Gasteiger partial charge in [0.05, 0.1) is 52.6 Å². The van der Waals surface area contributed by atoms with Gasteiger partial charge in [-0.2, -0.15) is 20.4 Å². The molecule has 30 heteroatoms. The molecular weight excluding hydrogens is 1700 g/mol. The number of aromatic nitrogens is 12. The number of aryl methyl sites for hydroxylation is 2. The minimum absolute atomic E-state index is 0.00246. The molecular formula is C102H110Cl2N20O8. The lowest BCUT2D eigenvalue weighted by atomic mass is 10.0. The van der Waals surface area contributed by atoms with E-state index in [9.17, 15) is 39.6 Å². The van der Waals surface area contributed by atoms with Gasteiger partial charge in [-0.05, 0) is 107 Å². The maximum atomic E-state index is 13.1. The minimum Gasteiger partial charge on any atom is -0.394 e. The fourth-order valence-corrected chi connectivity index (χ4v) is 18.9. The van der Waals surface area contributed by atoms with E-state index < -0.39 is 0 Å². The summed E-state index contributed by atoms with van der Waals surface area (Å²) >= 11 is 12.0. The average Bonchev–Trinajstić information content (AvgIpc) is 1.64. The largest absolute Gasteiger partial charge is 0.394 e. The number of H-pyrrole nitrogens is 4. The van der Waals surface area contributed by atoms with Crippen LogP contribution in [0.2, 0.25) is 10.0 Å². The highest BCUT2D eigenvalue weighted by Crippen LogP contribution is 2.33. The van der Waals surface area contributed by atoms with Crippen molar-refractivity contribution in [3.63, 3.8) is 0 Å². The van der Waals surface area contributed by atoms with E-state index in [4.69, 9.17) is 23.2 Å². The fourth-order valence-electron chi connectivity index (χ4n) is 18.5. The molecule has 680 valence electrons. The summed E-state index contributed by atoms with van der Waals surface area (Å²) in [7, 11) is 0. The number of amides is 4. The van der Waals surface area contributed by atoms with Gasteiger partial charge in [-0.15, -0.1) is 0 Å². The van der Waals surface area contributed by atoms with Crippen molar-refractivity contribution in [2.24, 2.45) is 0 Å². The van der Waals surface area contributed by atoms with Gasteiger partial charge in [0, 0.05) is 254 Å². The first-order chi connectivity index (χ1) is 64.5. The normalized spacial score (nSPS) is 13.9. The Kier molecular flexibility index (Phi) is 29.2. The number of hydrogen-bond acceptors (Lipinski definition) is 16. The second-order valence-electron chi connectivity index (χ2n) is 34.1. The molecule has 132 heavy (non-hydrogen) atoms. The highest BCUT2D eigenvalue weighted by Gasteiger charge is 2.34. The summed E-state index contributed by atoms with van der Waals surface area (Å²) in [5.41, 5.74) is 25.7. The van der Waals surface area contributed by atoms with Crippen molar-refractivity contribution in [2.75, 3.05) is 52.6 Å². The zero-order chi connectivity index (χ0) is 91.1. The van der Waals surface area contributed by atoms with Crippen LogP contribution in [0.5, 0.6) is 0 Å². The Labute approximate surface area is 774 Å². The summed E-state index contributed by atoms with van der Waals surface area (Å²) in [4.78, 5) is 75.2. The molecule has 0 atom stereocenters. The Morgan fingerprint density at radius 3 is 0.879 bits per heavy atom. The van der Waals surface area contributed by atoms with Crippen LogP contribution in [-0.4, -0.2) is 175 Å². The lowest BCUT2D eigenvalue weighted by Gasteiger charge is -2.27. The Bertz CT molecular complexity index is 6280. The van der Waals surface area contributed by atoms with Gasteiger partial charge < -0.3 is 61.6 Å². The molecule has 16 aromatic rings. The Balaban J connectivity index is 0.000000123. The van der Waals surface area contributed by atoms with Gasteiger partial charge in [-0.1, -0.05) is 180 Å². The molecule has 4 amide bonds. The molecule has 12 heterocycles. The third kappa shape index (κ3) is 21.4. The monoisotopic (exact) mass is 1810 g/mol. The van der Waals surface area contributed by atoms with Crippen molar-refractivity contribution >= 4 is 90.4 Å². The molecule has 0 saturated carbocycles. The Hall–Kier alpha value is -13.1. The number of carbonyl (C=O) groups excluding carboxylic acids is 4. The number of aromatic amines is 4. The Morgan fingerprint density at radius 2 is 0.598 bits per heavy atom. The molecule has 8 aromatic heterocycles. The summed E-state index contributed by atoms with van der Waals surface area (Å²) in [5.74, 6) is -0.750. The van der Waals surface area contributed by atoms with Crippen LogP contribution in [0.4, 0.5) is 0 Å². The molecule has 0 bridgehead atoms. The van der Waals surface area contributed by atoms with Gasteiger partial charge in [0.25, 0.3) is 23.6 Å². The summed E-state index contributed by atoms with van der Waals surface area (Å²) in [6.07, 6.45) is 11.5. The van der Waals surface area contributed by atoms with Crippen molar-refractivity contribution in [2.45, 2.75) is 144 Å². The molecule has 0 unspecified atom stereocenters. The predicted octanol–water partition coefficient (Wildman–Crippen LogP) is 13.3. The molecule has 8 aromatic carbocycles. The van der Waals surface area contributed by atoms with E-state index in [0.29, 0.717) is 111 Å². The lowest BCUT2D eigenvalue weighted by molar-refractivity contribution is 0.0934. The van der Waals surface area contributed by atoms with Crippen LogP contribution in [0, 0.1) is 13.8 Å². The summed E-state index contributed by atoms with van der Waals surface area (Å²) in [6.45, 7) is 16.6. The van der Waals surface area contributed by atoms with E-state index in [2.05, 4.69) is 191 Å². The molecule has 0 spiro atoms. The topological polar surface area (TPSA) is 345 Å². The van der Waals surface area contributed by atoms with Crippen LogP contribution in [0.3, 0.4) is 0 Å². The molecule has 28 nitrogen and oxygen atoms in total. The van der Waals surface area contributed by atoms with Gasteiger partial charge in [0.1, 0.15) is 0 Å². The second-order valence-corrected chi connectivity index (χ2v) is 35.0. The summed E-state index contributed by atoms with van der Waals surface area (Å²) in [6, 6.07) is 64.3. The zero-order valence-electron chi connectivity index (χ0n) is 74.1. The van der Waals surface area contributed by atoms with Gasteiger partial charge >= 0.3 is 0 Å². The van der Waals surface area contributed by atoms with E-state index in [0.717, 1.165) is 167 Å². The third-order valence-electron chi connectivity index (χ3n) is 25.0. The van der Waals surface area contributed by atoms with Crippen LogP contribution < -0.4 is 21.3 Å². The number of aliphatic hydroxyl groups excluding tert-OH is 4. The number of hydrogen-bond donors (Lipinski definition) is 12. The number of nitrogens with one attached hydrogen (secondary N) is 8. The van der Waals surface area contributed by atoms with Crippen LogP contribution in [0.1, 0.15) is 143 Å². The number of benzene rings is 8. The van der Waals surface area contributed by atoms with E-state index in [-0.39, 0.29) is 50.1 Å². The standard InChI is InChI=1S/2C26H29N5O2.2C25H26ClN5O2/c2*1-18-5-4-6-19(13-18)14-28-26(33)25-22-17-30(10-9-24(22)31(29-25)11-12-32)16-20-15-27-23-8-3-2-7-21(20)23;26-19-5-3-4-17(12-19)13-28-25(33)24-21-16-30(9-8-23(21)31(29-24)10-11-32)15-18-14-27-22-7-2-1-6-20(18)22;26-19-7-5-17(6-8-19)13-28-25(33)24-21-16-30(10-9-23(21)31(29-24)11-12-32)15-18-14-27-22-4-2-1-3-20(18)22/h2*2-8,13,15,27,32H,9-12,14,16-17H2,1H3,(H,28,33);1-7,12,14,27,32H,8-11,13,15-16H2,(H,28,33);1-8,14,27,32H,9-13,15-16H2,(H,28,33). The minimum atomic E-state index is -0.211. The van der Waals surface area contributed by atoms with Gasteiger partial charge in [0.2, 0.25) is 0 Å². The molecule has 0 radical (unpaired) electrons. The van der Waals surface area contributed by atoms with Crippen LogP contribution in [-0.2, 0) is 130 Å². The fraction of sp³-hybridized carbons (Fsp3) is 0.294. The van der Waals surface area contributed by atoms with Crippen LogP contribution in [0.25, 0.3) is 43.6 Å². The highest BCUT2D eigenvalue weighted by molar-refractivity contribution is 6.31. The van der Waals surface area contributed by atoms with Gasteiger partial charge in [-0.3, -0.25) is 57.5 Å². The number of nitrogens with zero attached hydrogens (tertiary/aromatic N) is 12. The van der Waals surface area contributed by atoms with Crippen LogP contribution >= 0.6 is 23.2 Å². The number of fused-ring (bicyclic) bond motifs is 8. The van der Waals surface area contributed by atoms with Gasteiger partial charge in [0.15, 0.2) is 22.8 Å². The Morgan fingerprint density at radius 1 is 0.326 bits per heavy atom. The van der Waals surface area contributed by atoms with E-state index >= 15 is 0 Å². The lowest BCUT2D eigenvalue weighted by Crippen LogP contribution is -2.32. The smallest absolute Gasteiger partial charge is 0.272 e. The number of carbonyl (C=O) groups is 4. The molecule has 20 rings (SSSR count). The van der Waals surface area contributed by atoms with E-state index in [1.807, 2.05) is 123 Å². The molecule has 0 saturated heterocycles. The van der Waals surface area contributed by atoms with Crippen molar-refractivity contribution in [3.05, 3.63) is 352 Å². The van der Waals surface area contributed by atoms with Crippen LogP contribution in [0.15, 0.2) is 219 Å². The van der Waals surface area contributed by atoms with E-state index in [1.54, 1.807) is 18.7 Å². The SMILES string of the molecule is Cc1cccc(CNC(=O)c2nn(CCO)c3c2CN(Cc2c[nH]c4ccccc24)CC3)c1.Cc1cccc(CNC(=O)c2nn(CCO)c3c2CN(Cc2c[nH]c4ccccc24)CC3)c1.O=C(NCc1ccc(Cl)cc1)c1nn(CCO)c2c1CN(Cc1c[nH]c3ccccc13)CC2.O=C(NCc1cccc(Cl)c1)c1nn(CCO)c2c1CN(Cc1c[nH]c3ccccc13)CC2. The third-order valence-corrected chi connectivity index (χ3v) is 25.5. The van der Waals surface area contributed by atoms with Crippen molar-refractivity contribution in [1.82, 2.24) is 99.9 Å². The molecule has 0 fully saturated rings.